The second kappa shape index (κ2) is 5.56. The number of nitrogens with two attached hydrogens (primary N) is 1. The SMILES string of the molecule is NC(=O)CCCNC1=NCCCC1. The van der Waals surface area contributed by atoms with Gasteiger partial charge in [-0.15, -0.1) is 0 Å². The van der Waals surface area contributed by atoms with Gasteiger partial charge in [-0.2, -0.15) is 0 Å². The minimum atomic E-state index is -0.229. The van der Waals surface area contributed by atoms with E-state index in [1.54, 1.807) is 0 Å². The van der Waals surface area contributed by atoms with Crippen LogP contribution in [0.2, 0.25) is 0 Å². The molecule has 1 rings (SSSR count). The Balaban J connectivity index is 2.04. The Kier molecular flexibility index (Phi) is 4.29. The van der Waals surface area contributed by atoms with E-state index in [9.17, 15) is 4.79 Å². The average Bonchev–Trinajstić information content (AvgIpc) is 2.14. The molecule has 0 radical (unpaired) electrons. The van der Waals surface area contributed by atoms with Crippen molar-refractivity contribution < 1.29 is 4.79 Å². The quantitative estimate of drug-likeness (QED) is 0.620. The highest BCUT2D eigenvalue weighted by atomic mass is 16.1. The Hall–Kier alpha value is -1.06. The van der Waals surface area contributed by atoms with Crippen molar-refractivity contribution in [3.8, 4) is 0 Å². The number of aliphatic imine (C=N–C) groups is 1. The van der Waals surface area contributed by atoms with Gasteiger partial charge in [0.25, 0.3) is 0 Å². The number of carbonyl (C=O) groups is 1. The van der Waals surface area contributed by atoms with Crippen molar-refractivity contribution in [2.24, 2.45) is 10.7 Å². The van der Waals surface area contributed by atoms with Crippen molar-refractivity contribution in [2.75, 3.05) is 13.1 Å². The molecule has 0 saturated heterocycles. The van der Waals surface area contributed by atoms with E-state index in [2.05, 4.69) is 10.3 Å². The van der Waals surface area contributed by atoms with Gasteiger partial charge in [-0.05, 0) is 19.3 Å². The van der Waals surface area contributed by atoms with E-state index in [0.717, 1.165) is 31.8 Å². The molecule has 0 fully saturated rings. The van der Waals surface area contributed by atoms with E-state index in [1.807, 2.05) is 0 Å². The van der Waals surface area contributed by atoms with Crippen molar-refractivity contribution in [3.05, 3.63) is 0 Å². The number of amidine groups is 1. The molecule has 0 saturated carbocycles. The molecule has 0 aromatic heterocycles. The molecule has 1 aliphatic heterocycles. The normalized spacial score (nSPS) is 16.5. The van der Waals surface area contributed by atoms with Gasteiger partial charge in [0, 0.05) is 25.9 Å². The molecule has 0 atom stereocenters. The molecule has 0 unspecified atom stereocenters. The summed E-state index contributed by atoms with van der Waals surface area (Å²) in [5, 5.41) is 3.22. The molecular formula is C9H17N3O. The van der Waals surface area contributed by atoms with E-state index in [1.165, 1.54) is 12.8 Å². The van der Waals surface area contributed by atoms with Crippen LogP contribution in [-0.2, 0) is 4.79 Å². The van der Waals surface area contributed by atoms with Gasteiger partial charge >= 0.3 is 0 Å². The standard InChI is InChI=1S/C9H17N3O/c10-8(13)4-3-7-12-9-5-1-2-6-11-9/h1-7H2,(H2,10,13)(H,11,12). The van der Waals surface area contributed by atoms with Crippen LogP contribution in [0.25, 0.3) is 0 Å². The fourth-order valence-corrected chi connectivity index (χ4v) is 1.34. The summed E-state index contributed by atoms with van der Waals surface area (Å²) < 4.78 is 0. The summed E-state index contributed by atoms with van der Waals surface area (Å²) in [4.78, 5) is 14.8. The molecule has 4 heteroatoms. The first-order valence-corrected chi connectivity index (χ1v) is 4.84. The van der Waals surface area contributed by atoms with Crippen LogP contribution in [0.1, 0.15) is 32.1 Å². The minimum absolute atomic E-state index is 0.229. The maximum absolute atomic E-state index is 10.4. The molecule has 0 aromatic rings. The molecule has 3 N–H and O–H groups in total. The number of amides is 1. The molecule has 4 nitrogen and oxygen atoms in total. The zero-order chi connectivity index (χ0) is 9.52. The van der Waals surface area contributed by atoms with Gasteiger partial charge in [-0.25, -0.2) is 0 Å². The van der Waals surface area contributed by atoms with E-state index in [0.29, 0.717) is 6.42 Å². The van der Waals surface area contributed by atoms with Crippen molar-refractivity contribution in [1.82, 2.24) is 5.32 Å². The van der Waals surface area contributed by atoms with Crippen LogP contribution in [0.15, 0.2) is 4.99 Å². The van der Waals surface area contributed by atoms with Gasteiger partial charge in [0.2, 0.25) is 5.91 Å². The summed E-state index contributed by atoms with van der Waals surface area (Å²) >= 11 is 0. The maximum atomic E-state index is 10.4. The van der Waals surface area contributed by atoms with Gasteiger partial charge < -0.3 is 11.1 Å². The monoisotopic (exact) mass is 183 g/mol. The van der Waals surface area contributed by atoms with Gasteiger partial charge in [0.05, 0.1) is 5.84 Å². The van der Waals surface area contributed by atoms with Gasteiger partial charge in [-0.1, -0.05) is 0 Å². The van der Waals surface area contributed by atoms with E-state index < -0.39 is 0 Å². The second-order valence-electron chi connectivity index (χ2n) is 3.28. The van der Waals surface area contributed by atoms with Crippen LogP contribution < -0.4 is 11.1 Å². The lowest BCUT2D eigenvalue weighted by atomic mass is 10.2. The molecule has 0 bridgehead atoms. The lowest BCUT2D eigenvalue weighted by Gasteiger charge is -2.13. The number of primary amides is 1. The predicted octanol–water partition coefficient (Wildman–Crippen LogP) is 0.424. The van der Waals surface area contributed by atoms with Gasteiger partial charge in [-0.3, -0.25) is 9.79 Å². The van der Waals surface area contributed by atoms with Crippen LogP contribution in [0.5, 0.6) is 0 Å². The lowest BCUT2D eigenvalue weighted by molar-refractivity contribution is -0.118. The topological polar surface area (TPSA) is 67.5 Å². The fraction of sp³-hybridized carbons (Fsp3) is 0.778. The van der Waals surface area contributed by atoms with Crippen molar-refractivity contribution in [2.45, 2.75) is 32.1 Å². The number of nitrogens with one attached hydrogen (secondary N) is 1. The van der Waals surface area contributed by atoms with Gasteiger partial charge in [0.15, 0.2) is 0 Å². The summed E-state index contributed by atoms with van der Waals surface area (Å²) in [5.41, 5.74) is 5.01. The molecule has 1 amide bonds. The number of nitrogens with zero attached hydrogens (tertiary/aromatic N) is 1. The van der Waals surface area contributed by atoms with Crippen LogP contribution in [0.3, 0.4) is 0 Å². The van der Waals surface area contributed by atoms with Crippen LogP contribution >= 0.6 is 0 Å². The average molecular weight is 183 g/mol. The Morgan fingerprint density at radius 3 is 3.00 bits per heavy atom. The summed E-state index contributed by atoms with van der Waals surface area (Å²) in [6.07, 6.45) is 4.74. The van der Waals surface area contributed by atoms with Crippen molar-refractivity contribution in [3.63, 3.8) is 0 Å². The summed E-state index contributed by atoms with van der Waals surface area (Å²) in [7, 11) is 0. The summed E-state index contributed by atoms with van der Waals surface area (Å²) in [5.74, 6) is 0.864. The predicted molar refractivity (Wildman–Crippen MR) is 52.6 cm³/mol. The molecule has 0 aromatic carbocycles. The molecule has 0 aliphatic carbocycles. The largest absolute Gasteiger partial charge is 0.374 e. The molecular weight excluding hydrogens is 166 g/mol. The zero-order valence-corrected chi connectivity index (χ0v) is 7.88. The summed E-state index contributed by atoms with van der Waals surface area (Å²) in [6.45, 7) is 1.75. The Morgan fingerprint density at radius 2 is 2.38 bits per heavy atom. The third kappa shape index (κ3) is 4.50. The van der Waals surface area contributed by atoms with Crippen LogP contribution in [0.4, 0.5) is 0 Å². The molecule has 13 heavy (non-hydrogen) atoms. The highest BCUT2D eigenvalue weighted by molar-refractivity contribution is 5.82. The smallest absolute Gasteiger partial charge is 0.217 e. The first-order valence-electron chi connectivity index (χ1n) is 4.84. The van der Waals surface area contributed by atoms with E-state index in [-0.39, 0.29) is 5.91 Å². The van der Waals surface area contributed by atoms with E-state index in [4.69, 9.17) is 5.73 Å². The molecule has 74 valence electrons. The van der Waals surface area contributed by atoms with Crippen molar-refractivity contribution >= 4 is 11.7 Å². The number of hydrogen-bond acceptors (Lipinski definition) is 3. The first kappa shape index (κ1) is 10.0. The maximum Gasteiger partial charge on any atom is 0.217 e. The first-order chi connectivity index (χ1) is 6.29. The highest BCUT2D eigenvalue weighted by Crippen LogP contribution is 2.03. The highest BCUT2D eigenvalue weighted by Gasteiger charge is 2.03. The van der Waals surface area contributed by atoms with Gasteiger partial charge in [0.1, 0.15) is 0 Å². The van der Waals surface area contributed by atoms with Crippen LogP contribution in [0, 0.1) is 0 Å². The lowest BCUT2D eigenvalue weighted by Crippen LogP contribution is -2.27. The number of carbonyl (C=O) groups excluding carboxylic acids is 1. The fourth-order valence-electron chi connectivity index (χ4n) is 1.34. The molecule has 0 spiro atoms. The third-order valence-corrected chi connectivity index (χ3v) is 2.05. The Bertz CT molecular complexity index is 201. The zero-order valence-electron chi connectivity index (χ0n) is 7.88. The number of rotatable bonds is 4. The minimum Gasteiger partial charge on any atom is -0.374 e. The molecule has 1 heterocycles. The van der Waals surface area contributed by atoms with Crippen LogP contribution in [-0.4, -0.2) is 24.8 Å². The Morgan fingerprint density at radius 1 is 1.54 bits per heavy atom. The van der Waals surface area contributed by atoms with Crippen molar-refractivity contribution in [1.29, 1.82) is 0 Å². The second-order valence-corrected chi connectivity index (χ2v) is 3.28. The van der Waals surface area contributed by atoms with E-state index >= 15 is 0 Å². The third-order valence-electron chi connectivity index (χ3n) is 2.05. The molecule has 1 aliphatic rings. The summed E-state index contributed by atoms with van der Waals surface area (Å²) in [6, 6.07) is 0. The number of hydrogen-bond donors (Lipinski definition) is 2. The Labute approximate surface area is 78.6 Å².